The van der Waals surface area contributed by atoms with Crippen molar-refractivity contribution in [2.45, 2.75) is 13.8 Å². The second-order valence-electron chi connectivity index (χ2n) is 4.78. The minimum Gasteiger partial charge on any atom is -0.361 e. The van der Waals surface area contributed by atoms with E-state index in [1.807, 2.05) is 32.0 Å². The van der Waals surface area contributed by atoms with Gasteiger partial charge < -0.3 is 5.32 Å². The number of anilines is 1. The Kier molecular flexibility index (Phi) is 5.05. The molecule has 4 heteroatoms. The number of aryl methyl sites for hydroxylation is 2. The van der Waals surface area contributed by atoms with Crippen LogP contribution < -0.4 is 5.32 Å². The van der Waals surface area contributed by atoms with E-state index in [1.165, 1.54) is 6.08 Å². The van der Waals surface area contributed by atoms with Crippen molar-refractivity contribution in [1.29, 1.82) is 0 Å². The van der Waals surface area contributed by atoms with Gasteiger partial charge in [-0.1, -0.05) is 35.3 Å². The molecule has 0 fully saturated rings. The third-order valence-electron chi connectivity index (χ3n) is 3.06. The predicted molar refractivity (Wildman–Crippen MR) is 89.5 cm³/mol. The van der Waals surface area contributed by atoms with Crippen molar-refractivity contribution in [3.63, 3.8) is 0 Å². The molecule has 0 amide bonds. The molecule has 0 spiro atoms. The molecule has 0 saturated carbocycles. The molecule has 0 bridgehead atoms. The molecule has 0 heterocycles. The van der Waals surface area contributed by atoms with Crippen LogP contribution in [0.25, 0.3) is 0 Å². The summed E-state index contributed by atoms with van der Waals surface area (Å²) in [6.07, 6.45) is 3.08. The van der Waals surface area contributed by atoms with E-state index in [9.17, 15) is 4.79 Å². The highest BCUT2D eigenvalue weighted by Crippen LogP contribution is 2.22. The second kappa shape index (κ2) is 6.79. The molecule has 2 nitrogen and oxygen atoms in total. The monoisotopic (exact) mass is 319 g/mol. The van der Waals surface area contributed by atoms with Crippen LogP contribution in [0.4, 0.5) is 5.69 Å². The first-order chi connectivity index (χ1) is 9.97. The third kappa shape index (κ3) is 4.10. The van der Waals surface area contributed by atoms with Crippen LogP contribution in [-0.4, -0.2) is 5.78 Å². The smallest absolute Gasteiger partial charge is 0.188 e. The molecule has 2 aromatic rings. The van der Waals surface area contributed by atoms with Crippen molar-refractivity contribution in [1.82, 2.24) is 0 Å². The molecule has 1 N–H and O–H groups in total. The van der Waals surface area contributed by atoms with Gasteiger partial charge in [0.05, 0.1) is 5.02 Å². The maximum Gasteiger partial charge on any atom is 0.188 e. The Hall–Kier alpha value is -1.77. The molecule has 108 valence electrons. The summed E-state index contributed by atoms with van der Waals surface area (Å²) in [5.41, 5.74) is 3.67. The highest BCUT2D eigenvalue weighted by molar-refractivity contribution is 6.37. The summed E-state index contributed by atoms with van der Waals surface area (Å²) >= 11 is 11.8. The number of hydrogen-bond donors (Lipinski definition) is 1. The van der Waals surface area contributed by atoms with Crippen LogP contribution in [0, 0.1) is 13.8 Å². The molecule has 0 unspecified atom stereocenters. The fourth-order valence-corrected chi connectivity index (χ4v) is 2.38. The molecule has 0 aliphatic carbocycles. The maximum atomic E-state index is 12.1. The number of benzene rings is 2. The Morgan fingerprint density at radius 2 is 1.86 bits per heavy atom. The van der Waals surface area contributed by atoms with E-state index < -0.39 is 0 Å². The Labute approximate surface area is 134 Å². The molecule has 0 aliphatic rings. The Morgan fingerprint density at radius 1 is 1.10 bits per heavy atom. The van der Waals surface area contributed by atoms with Crippen molar-refractivity contribution >= 4 is 34.7 Å². The van der Waals surface area contributed by atoms with Gasteiger partial charge in [-0.2, -0.15) is 0 Å². The zero-order valence-corrected chi connectivity index (χ0v) is 13.3. The fourth-order valence-electron chi connectivity index (χ4n) is 1.88. The Bertz CT molecular complexity index is 708. The molecule has 0 aromatic heterocycles. The first kappa shape index (κ1) is 15.6. The fraction of sp³-hybridized carbons (Fsp3) is 0.118. The lowest BCUT2D eigenvalue weighted by Gasteiger charge is -2.06. The van der Waals surface area contributed by atoms with Gasteiger partial charge in [-0.15, -0.1) is 0 Å². The van der Waals surface area contributed by atoms with E-state index >= 15 is 0 Å². The van der Waals surface area contributed by atoms with Gasteiger partial charge in [-0.25, -0.2) is 0 Å². The van der Waals surface area contributed by atoms with Gasteiger partial charge >= 0.3 is 0 Å². The summed E-state index contributed by atoms with van der Waals surface area (Å²) in [5, 5.41) is 3.97. The molecular formula is C17H15Cl2NO. The quantitative estimate of drug-likeness (QED) is 0.602. The maximum absolute atomic E-state index is 12.1. The normalized spacial score (nSPS) is 10.9. The Balaban J connectivity index is 2.10. The van der Waals surface area contributed by atoms with Crippen LogP contribution >= 0.6 is 23.2 Å². The summed E-state index contributed by atoms with van der Waals surface area (Å²) in [7, 11) is 0. The number of ketones is 1. The van der Waals surface area contributed by atoms with Crippen molar-refractivity contribution in [2.75, 3.05) is 5.32 Å². The lowest BCUT2D eigenvalue weighted by Crippen LogP contribution is -1.98. The zero-order valence-electron chi connectivity index (χ0n) is 11.8. The van der Waals surface area contributed by atoms with Crippen molar-refractivity contribution in [3.05, 3.63) is 75.4 Å². The molecule has 2 rings (SSSR count). The lowest BCUT2D eigenvalue weighted by atomic mass is 10.1. The molecule has 0 aliphatic heterocycles. The van der Waals surface area contributed by atoms with Crippen molar-refractivity contribution < 1.29 is 4.79 Å². The van der Waals surface area contributed by atoms with Gasteiger partial charge in [0.25, 0.3) is 0 Å². The minimum absolute atomic E-state index is 0.172. The molecule has 0 radical (unpaired) electrons. The van der Waals surface area contributed by atoms with Gasteiger partial charge in [0.1, 0.15) is 0 Å². The largest absolute Gasteiger partial charge is 0.361 e. The number of allylic oxidation sites excluding steroid dienone is 1. The number of nitrogens with one attached hydrogen (secondary N) is 1. The average molecular weight is 320 g/mol. The van der Waals surface area contributed by atoms with E-state index in [2.05, 4.69) is 5.32 Å². The second-order valence-corrected chi connectivity index (χ2v) is 5.63. The highest BCUT2D eigenvalue weighted by atomic mass is 35.5. The lowest BCUT2D eigenvalue weighted by molar-refractivity contribution is 0.104. The van der Waals surface area contributed by atoms with E-state index in [4.69, 9.17) is 23.2 Å². The van der Waals surface area contributed by atoms with Gasteiger partial charge in [0, 0.05) is 28.5 Å². The van der Waals surface area contributed by atoms with Crippen molar-refractivity contribution in [2.24, 2.45) is 0 Å². The van der Waals surface area contributed by atoms with Gasteiger partial charge in [-0.3, -0.25) is 4.79 Å². The van der Waals surface area contributed by atoms with Gasteiger partial charge in [-0.05, 0) is 49.2 Å². The summed E-state index contributed by atoms with van der Waals surface area (Å²) in [5.74, 6) is -0.172. The molecule has 21 heavy (non-hydrogen) atoms. The number of halogens is 2. The zero-order chi connectivity index (χ0) is 15.4. The summed E-state index contributed by atoms with van der Waals surface area (Å²) in [4.78, 5) is 12.1. The van der Waals surface area contributed by atoms with Crippen LogP contribution in [0.2, 0.25) is 10.0 Å². The first-order valence-corrected chi connectivity index (χ1v) is 7.22. The van der Waals surface area contributed by atoms with Crippen molar-refractivity contribution in [3.8, 4) is 0 Å². The minimum atomic E-state index is -0.172. The number of carbonyl (C=O) groups excluding carboxylic acids is 1. The molecule has 0 atom stereocenters. The number of carbonyl (C=O) groups is 1. The SMILES string of the molecule is Cc1ccc(C)c(NC=CC(=O)c2ccc(Cl)cc2Cl)c1. The van der Waals surface area contributed by atoms with Gasteiger partial charge in [0.2, 0.25) is 0 Å². The summed E-state index contributed by atoms with van der Waals surface area (Å²) < 4.78 is 0. The van der Waals surface area contributed by atoms with Crippen LogP contribution in [0.5, 0.6) is 0 Å². The van der Waals surface area contributed by atoms with Crippen LogP contribution in [0.1, 0.15) is 21.5 Å². The van der Waals surface area contributed by atoms with E-state index in [0.717, 1.165) is 16.8 Å². The topological polar surface area (TPSA) is 29.1 Å². The van der Waals surface area contributed by atoms with E-state index in [1.54, 1.807) is 24.4 Å². The van der Waals surface area contributed by atoms with E-state index in [0.29, 0.717) is 15.6 Å². The van der Waals surface area contributed by atoms with Crippen LogP contribution in [-0.2, 0) is 0 Å². The predicted octanol–water partition coefficient (Wildman–Crippen LogP) is 5.42. The third-order valence-corrected chi connectivity index (χ3v) is 3.61. The molecular weight excluding hydrogens is 305 g/mol. The van der Waals surface area contributed by atoms with Crippen LogP contribution in [0.15, 0.2) is 48.7 Å². The standard InChI is InChI=1S/C17H15Cl2NO/c1-11-3-4-12(2)16(9-11)20-8-7-17(21)14-6-5-13(18)10-15(14)19/h3-10,20H,1-2H3. The average Bonchev–Trinajstić information content (AvgIpc) is 2.42. The molecule has 2 aromatic carbocycles. The highest BCUT2D eigenvalue weighted by Gasteiger charge is 2.07. The number of hydrogen-bond acceptors (Lipinski definition) is 2. The van der Waals surface area contributed by atoms with Crippen LogP contribution in [0.3, 0.4) is 0 Å². The molecule has 0 saturated heterocycles. The summed E-state index contributed by atoms with van der Waals surface area (Å²) in [6, 6.07) is 10.9. The van der Waals surface area contributed by atoms with Gasteiger partial charge in [0.15, 0.2) is 5.78 Å². The number of rotatable bonds is 4. The van der Waals surface area contributed by atoms with E-state index in [-0.39, 0.29) is 5.78 Å². The first-order valence-electron chi connectivity index (χ1n) is 6.47. The Morgan fingerprint density at radius 3 is 2.57 bits per heavy atom. The summed E-state index contributed by atoms with van der Waals surface area (Å²) in [6.45, 7) is 4.03.